The monoisotopic (exact) mass is 535 g/mol. The van der Waals surface area contributed by atoms with Crippen molar-refractivity contribution in [1.29, 1.82) is 0 Å². The Bertz CT molecular complexity index is 1370. The SMILES string of the molecule is COC(=O)C(Cc1ccc(OCc2cnn(-c3ccc(Cl)cc3)c2)cc1)/C(C)=N/OCc1ccc(F)cc1. The number of oxime groups is 1. The van der Waals surface area contributed by atoms with E-state index in [1.165, 1.54) is 19.2 Å². The third kappa shape index (κ3) is 7.43. The molecule has 0 aliphatic rings. The smallest absolute Gasteiger partial charge is 0.314 e. The molecule has 0 aliphatic carbocycles. The van der Waals surface area contributed by atoms with E-state index in [1.54, 1.807) is 29.9 Å². The van der Waals surface area contributed by atoms with Crippen LogP contribution in [0.1, 0.15) is 23.6 Å². The molecule has 1 unspecified atom stereocenters. The van der Waals surface area contributed by atoms with Gasteiger partial charge in [0.15, 0.2) is 0 Å². The number of methoxy groups -OCH3 is 1. The predicted octanol–water partition coefficient (Wildman–Crippen LogP) is 6.17. The molecule has 1 heterocycles. The Morgan fingerprint density at radius 1 is 0.974 bits per heavy atom. The molecule has 0 radical (unpaired) electrons. The van der Waals surface area contributed by atoms with Crippen molar-refractivity contribution >= 4 is 23.3 Å². The molecule has 1 aromatic heterocycles. The number of ether oxygens (including phenoxy) is 2. The van der Waals surface area contributed by atoms with E-state index in [-0.39, 0.29) is 12.4 Å². The van der Waals surface area contributed by atoms with E-state index in [0.29, 0.717) is 29.5 Å². The maximum Gasteiger partial charge on any atom is 0.314 e. The van der Waals surface area contributed by atoms with E-state index >= 15 is 0 Å². The van der Waals surface area contributed by atoms with Gasteiger partial charge in [0.1, 0.15) is 30.7 Å². The maximum atomic E-state index is 13.1. The molecule has 0 saturated carbocycles. The van der Waals surface area contributed by atoms with Crippen LogP contribution in [0.25, 0.3) is 5.69 Å². The molecule has 0 N–H and O–H groups in total. The van der Waals surface area contributed by atoms with Gasteiger partial charge in [-0.25, -0.2) is 9.07 Å². The van der Waals surface area contributed by atoms with Gasteiger partial charge in [-0.2, -0.15) is 5.10 Å². The molecule has 0 bridgehead atoms. The lowest BCUT2D eigenvalue weighted by Gasteiger charge is -2.15. The van der Waals surface area contributed by atoms with Crippen LogP contribution in [-0.2, 0) is 34.0 Å². The number of nitrogens with zero attached hydrogens (tertiary/aromatic N) is 3. The summed E-state index contributed by atoms with van der Waals surface area (Å²) in [6, 6.07) is 20.9. The highest BCUT2D eigenvalue weighted by Gasteiger charge is 2.24. The highest BCUT2D eigenvalue weighted by Crippen LogP contribution is 2.19. The molecule has 0 fully saturated rings. The molecular formula is C29H27ClFN3O4. The quantitative estimate of drug-likeness (QED) is 0.130. The molecule has 3 aromatic carbocycles. The second kappa shape index (κ2) is 12.9. The van der Waals surface area contributed by atoms with Crippen molar-refractivity contribution in [2.75, 3.05) is 7.11 Å². The van der Waals surface area contributed by atoms with E-state index in [2.05, 4.69) is 10.3 Å². The van der Waals surface area contributed by atoms with Crippen LogP contribution in [0.15, 0.2) is 90.3 Å². The Morgan fingerprint density at radius 2 is 1.66 bits per heavy atom. The Balaban J connectivity index is 1.33. The van der Waals surface area contributed by atoms with Crippen molar-refractivity contribution in [2.24, 2.45) is 11.1 Å². The molecule has 1 atom stereocenters. The van der Waals surface area contributed by atoms with Crippen molar-refractivity contribution in [3.05, 3.63) is 113 Å². The van der Waals surface area contributed by atoms with Gasteiger partial charge < -0.3 is 14.3 Å². The average Bonchev–Trinajstić information content (AvgIpc) is 3.41. The van der Waals surface area contributed by atoms with E-state index in [1.807, 2.05) is 54.7 Å². The number of benzene rings is 3. The van der Waals surface area contributed by atoms with Crippen LogP contribution in [0.5, 0.6) is 5.75 Å². The van der Waals surface area contributed by atoms with Gasteiger partial charge in [-0.15, -0.1) is 0 Å². The van der Waals surface area contributed by atoms with E-state index < -0.39 is 11.9 Å². The summed E-state index contributed by atoms with van der Waals surface area (Å²) in [5.74, 6) is -0.648. The fourth-order valence-corrected chi connectivity index (χ4v) is 3.82. The van der Waals surface area contributed by atoms with Crippen molar-refractivity contribution in [2.45, 2.75) is 26.6 Å². The molecule has 196 valence electrons. The zero-order valence-electron chi connectivity index (χ0n) is 21.0. The van der Waals surface area contributed by atoms with Gasteiger partial charge in [0, 0.05) is 16.8 Å². The third-order valence-corrected chi connectivity index (χ3v) is 6.09. The predicted molar refractivity (Wildman–Crippen MR) is 143 cm³/mol. The summed E-state index contributed by atoms with van der Waals surface area (Å²) in [5, 5.41) is 9.14. The lowest BCUT2D eigenvalue weighted by molar-refractivity contribution is -0.143. The Hall–Kier alpha value is -4.17. The summed E-state index contributed by atoms with van der Waals surface area (Å²) in [7, 11) is 1.34. The molecule has 4 rings (SSSR count). The van der Waals surface area contributed by atoms with E-state index in [4.69, 9.17) is 25.9 Å². The Morgan fingerprint density at radius 3 is 2.34 bits per heavy atom. The van der Waals surface area contributed by atoms with Gasteiger partial charge >= 0.3 is 5.97 Å². The standard InChI is InChI=1S/C29H27ClFN3O4/c1-20(33-38-19-22-3-9-25(31)10-4-22)28(29(35)36-2)15-21-5-13-27(14-6-21)37-18-23-16-32-34(17-23)26-11-7-24(30)8-12-26/h3-14,16-17,28H,15,18-19H2,1-2H3/b33-20+. The summed E-state index contributed by atoms with van der Waals surface area (Å²) < 4.78 is 25.7. The number of carbonyl (C=O) groups excluding carboxylic acids is 1. The molecule has 9 heteroatoms. The Kier molecular flexibility index (Phi) is 9.11. The molecule has 7 nitrogen and oxygen atoms in total. The maximum absolute atomic E-state index is 13.1. The fourth-order valence-electron chi connectivity index (χ4n) is 3.69. The summed E-state index contributed by atoms with van der Waals surface area (Å²) in [6.45, 7) is 2.24. The molecule has 0 spiro atoms. The summed E-state index contributed by atoms with van der Waals surface area (Å²) in [4.78, 5) is 17.8. The van der Waals surface area contributed by atoms with Crippen molar-refractivity contribution in [3.8, 4) is 11.4 Å². The van der Waals surface area contributed by atoms with Gasteiger partial charge in [0.05, 0.1) is 24.7 Å². The topological polar surface area (TPSA) is 74.9 Å². The molecular weight excluding hydrogens is 509 g/mol. The minimum Gasteiger partial charge on any atom is -0.489 e. The van der Waals surface area contributed by atoms with Crippen LogP contribution in [0, 0.1) is 11.7 Å². The second-order valence-corrected chi connectivity index (χ2v) is 9.05. The highest BCUT2D eigenvalue weighted by molar-refractivity contribution is 6.30. The van der Waals surface area contributed by atoms with Gasteiger partial charge in [-0.3, -0.25) is 4.79 Å². The first kappa shape index (κ1) is 26.9. The lowest BCUT2D eigenvalue weighted by Crippen LogP contribution is -2.26. The summed E-state index contributed by atoms with van der Waals surface area (Å²) >= 11 is 5.95. The number of hydrogen-bond donors (Lipinski definition) is 0. The number of rotatable bonds is 11. The van der Waals surface area contributed by atoms with Crippen molar-refractivity contribution < 1.29 is 23.5 Å². The van der Waals surface area contributed by atoms with Gasteiger partial charge in [0.25, 0.3) is 0 Å². The highest BCUT2D eigenvalue weighted by atomic mass is 35.5. The summed E-state index contributed by atoms with van der Waals surface area (Å²) in [6.07, 6.45) is 4.04. The van der Waals surface area contributed by atoms with Crippen LogP contribution in [0.2, 0.25) is 5.02 Å². The molecule has 0 amide bonds. The van der Waals surface area contributed by atoms with Crippen LogP contribution < -0.4 is 4.74 Å². The number of esters is 1. The van der Waals surface area contributed by atoms with E-state index in [9.17, 15) is 9.18 Å². The largest absolute Gasteiger partial charge is 0.489 e. The molecule has 0 saturated heterocycles. The minimum absolute atomic E-state index is 0.163. The molecule has 0 aliphatic heterocycles. The van der Waals surface area contributed by atoms with Crippen LogP contribution in [0.4, 0.5) is 4.39 Å². The normalized spacial score (nSPS) is 12.2. The average molecular weight is 536 g/mol. The fraction of sp³-hybridized carbons (Fsp3) is 0.207. The molecule has 4 aromatic rings. The van der Waals surface area contributed by atoms with Gasteiger partial charge in [0.2, 0.25) is 0 Å². The first-order valence-electron chi connectivity index (χ1n) is 11.9. The first-order chi connectivity index (χ1) is 18.4. The number of hydrogen-bond acceptors (Lipinski definition) is 6. The number of carbonyl (C=O) groups is 1. The van der Waals surface area contributed by atoms with Crippen molar-refractivity contribution in [3.63, 3.8) is 0 Å². The van der Waals surface area contributed by atoms with Gasteiger partial charge in [-0.05, 0) is 73.0 Å². The van der Waals surface area contributed by atoms with E-state index in [0.717, 1.165) is 22.4 Å². The van der Waals surface area contributed by atoms with Crippen LogP contribution in [-0.4, -0.2) is 28.6 Å². The van der Waals surface area contributed by atoms with Gasteiger partial charge in [-0.1, -0.05) is 41.0 Å². The zero-order valence-corrected chi connectivity index (χ0v) is 21.8. The first-order valence-corrected chi connectivity index (χ1v) is 12.3. The third-order valence-electron chi connectivity index (χ3n) is 5.84. The van der Waals surface area contributed by atoms with Crippen LogP contribution in [0.3, 0.4) is 0 Å². The second-order valence-electron chi connectivity index (χ2n) is 8.61. The number of aromatic nitrogens is 2. The zero-order chi connectivity index (χ0) is 26.9. The number of halogens is 2. The lowest BCUT2D eigenvalue weighted by atomic mass is 9.95. The Labute approximate surface area is 225 Å². The minimum atomic E-state index is -0.612. The molecule has 38 heavy (non-hydrogen) atoms. The van der Waals surface area contributed by atoms with Crippen LogP contribution >= 0.6 is 11.6 Å². The van der Waals surface area contributed by atoms with Crippen molar-refractivity contribution in [1.82, 2.24) is 9.78 Å². The summed E-state index contributed by atoms with van der Waals surface area (Å²) in [5.41, 5.74) is 3.99.